The highest BCUT2D eigenvalue weighted by Gasteiger charge is 2.21. The summed E-state index contributed by atoms with van der Waals surface area (Å²) in [4.78, 5) is 22.1. The number of carbonyl (C=O) groups is 2. The van der Waals surface area contributed by atoms with Crippen molar-refractivity contribution < 1.29 is 27.2 Å². The van der Waals surface area contributed by atoms with Crippen LogP contribution >= 0.6 is 11.6 Å². The fraction of sp³-hybridized carbons (Fsp3) is 0.200. The second kappa shape index (κ2) is 6.37. The summed E-state index contributed by atoms with van der Waals surface area (Å²) in [5.41, 5.74) is -1.33. The molecule has 0 fully saturated rings. The van der Waals surface area contributed by atoms with Gasteiger partial charge in [0.05, 0.1) is 0 Å². The molecule has 0 aliphatic carbocycles. The molecule has 1 rings (SSSR count). The van der Waals surface area contributed by atoms with Crippen LogP contribution < -0.4 is 10.6 Å². The minimum Gasteiger partial charge on any atom is -0.302 e. The zero-order chi connectivity index (χ0) is 14.6. The highest BCUT2D eigenvalue weighted by atomic mass is 35.5. The molecule has 3 amide bonds. The molecule has 0 aromatic heterocycles. The van der Waals surface area contributed by atoms with Gasteiger partial charge in [-0.15, -0.1) is 11.6 Å². The number of imide groups is 1. The predicted octanol–water partition coefficient (Wildman–Crippen LogP) is 2.52. The first kappa shape index (κ1) is 15.2. The summed E-state index contributed by atoms with van der Waals surface area (Å²) in [6.45, 7) is 0. The Bertz CT molecular complexity index is 498. The van der Waals surface area contributed by atoms with Gasteiger partial charge < -0.3 is 5.32 Å². The lowest BCUT2D eigenvalue weighted by molar-refractivity contribution is -0.119. The van der Waals surface area contributed by atoms with Gasteiger partial charge in [0.15, 0.2) is 23.3 Å². The van der Waals surface area contributed by atoms with Crippen LogP contribution in [0.2, 0.25) is 0 Å². The van der Waals surface area contributed by atoms with Crippen molar-refractivity contribution in [3.63, 3.8) is 0 Å². The molecular weight excluding hydrogens is 292 g/mol. The average Bonchev–Trinajstić information content (AvgIpc) is 2.32. The molecule has 0 saturated heterocycles. The fourth-order valence-corrected chi connectivity index (χ4v) is 1.27. The Morgan fingerprint density at radius 1 is 1.11 bits per heavy atom. The Kier molecular flexibility index (Phi) is 5.11. The highest BCUT2D eigenvalue weighted by Crippen LogP contribution is 2.23. The maximum atomic E-state index is 13.2. The number of nitrogens with one attached hydrogen (secondary N) is 2. The van der Waals surface area contributed by atoms with Crippen molar-refractivity contribution in [1.29, 1.82) is 0 Å². The van der Waals surface area contributed by atoms with E-state index in [0.717, 1.165) is 0 Å². The largest absolute Gasteiger partial charge is 0.326 e. The monoisotopic (exact) mass is 298 g/mol. The first-order valence-electron chi connectivity index (χ1n) is 4.86. The maximum absolute atomic E-state index is 13.2. The smallest absolute Gasteiger partial charge is 0.302 e. The van der Waals surface area contributed by atoms with E-state index >= 15 is 0 Å². The normalized spacial score (nSPS) is 10.2. The summed E-state index contributed by atoms with van der Waals surface area (Å²) in [7, 11) is 0. The molecule has 0 saturated carbocycles. The zero-order valence-electron chi connectivity index (χ0n) is 9.20. The van der Waals surface area contributed by atoms with Gasteiger partial charge in [0.2, 0.25) is 5.91 Å². The van der Waals surface area contributed by atoms with Gasteiger partial charge in [-0.2, -0.15) is 0 Å². The SMILES string of the molecule is O=C(CCCl)NC(=O)Nc1c(F)c(F)cc(F)c1F. The zero-order valence-corrected chi connectivity index (χ0v) is 9.95. The van der Waals surface area contributed by atoms with Gasteiger partial charge in [0.25, 0.3) is 0 Å². The van der Waals surface area contributed by atoms with E-state index in [9.17, 15) is 27.2 Å². The van der Waals surface area contributed by atoms with Crippen LogP contribution in [-0.2, 0) is 4.79 Å². The number of anilines is 1. The predicted molar refractivity (Wildman–Crippen MR) is 58.8 cm³/mol. The van der Waals surface area contributed by atoms with Gasteiger partial charge in [-0.3, -0.25) is 10.1 Å². The quantitative estimate of drug-likeness (QED) is 0.512. The van der Waals surface area contributed by atoms with Crippen LogP contribution in [0.25, 0.3) is 0 Å². The van der Waals surface area contributed by atoms with Crippen molar-refractivity contribution in [3.05, 3.63) is 29.3 Å². The molecule has 0 heterocycles. The van der Waals surface area contributed by atoms with E-state index in [2.05, 4.69) is 0 Å². The van der Waals surface area contributed by atoms with Crippen molar-refractivity contribution in [2.75, 3.05) is 11.2 Å². The summed E-state index contributed by atoms with van der Waals surface area (Å²) < 4.78 is 51.9. The van der Waals surface area contributed by atoms with Crippen molar-refractivity contribution in [2.24, 2.45) is 0 Å². The van der Waals surface area contributed by atoms with E-state index in [1.165, 1.54) is 5.32 Å². The Labute approximate surface area is 109 Å². The summed E-state index contributed by atoms with van der Waals surface area (Å²) in [5.74, 6) is -7.80. The Balaban J connectivity index is 2.88. The number of hydrogen-bond acceptors (Lipinski definition) is 2. The summed E-state index contributed by atoms with van der Waals surface area (Å²) >= 11 is 5.22. The van der Waals surface area contributed by atoms with Gasteiger partial charge in [-0.1, -0.05) is 0 Å². The number of alkyl halides is 1. The number of benzene rings is 1. The minimum atomic E-state index is -1.78. The van der Waals surface area contributed by atoms with Crippen molar-refractivity contribution >= 4 is 29.2 Å². The third kappa shape index (κ3) is 3.82. The van der Waals surface area contributed by atoms with Gasteiger partial charge in [0, 0.05) is 18.4 Å². The van der Waals surface area contributed by atoms with Crippen LogP contribution in [0.15, 0.2) is 6.07 Å². The number of amides is 3. The van der Waals surface area contributed by atoms with Gasteiger partial charge in [-0.05, 0) is 0 Å². The molecule has 2 N–H and O–H groups in total. The number of carbonyl (C=O) groups excluding carboxylic acids is 2. The lowest BCUT2D eigenvalue weighted by atomic mass is 10.2. The first-order chi connectivity index (χ1) is 8.86. The molecule has 0 aliphatic heterocycles. The third-order valence-electron chi connectivity index (χ3n) is 1.92. The molecule has 1 aromatic carbocycles. The van der Waals surface area contributed by atoms with Crippen LogP contribution in [0.1, 0.15) is 6.42 Å². The fourth-order valence-electron chi connectivity index (χ4n) is 1.10. The standard InChI is InChI=1S/C10H7ClF4N2O2/c11-2-1-6(18)16-10(19)17-9-7(14)4(12)3-5(13)8(9)15/h3H,1-2H2,(H2,16,17,18,19). The second-order valence-corrected chi connectivity index (χ2v) is 3.66. The molecular formula is C10H7ClF4N2O2. The van der Waals surface area contributed by atoms with E-state index in [0.29, 0.717) is 0 Å². The summed E-state index contributed by atoms with van der Waals surface area (Å²) in [6.07, 6.45) is -0.211. The average molecular weight is 299 g/mol. The Morgan fingerprint density at radius 3 is 2.11 bits per heavy atom. The third-order valence-corrected chi connectivity index (χ3v) is 2.11. The molecule has 0 atom stereocenters. The van der Waals surface area contributed by atoms with E-state index in [1.54, 1.807) is 5.32 Å². The minimum absolute atomic E-state index is 0.00754. The summed E-state index contributed by atoms with van der Waals surface area (Å²) in [6, 6.07) is -1.34. The van der Waals surface area contributed by atoms with Crippen LogP contribution in [0.5, 0.6) is 0 Å². The molecule has 4 nitrogen and oxygen atoms in total. The molecule has 0 aliphatic rings. The molecule has 0 unspecified atom stereocenters. The molecule has 19 heavy (non-hydrogen) atoms. The Morgan fingerprint density at radius 2 is 1.63 bits per heavy atom. The number of urea groups is 1. The lowest BCUT2D eigenvalue weighted by Crippen LogP contribution is -2.35. The molecule has 0 spiro atoms. The van der Waals surface area contributed by atoms with Crippen molar-refractivity contribution in [1.82, 2.24) is 5.32 Å². The number of rotatable bonds is 3. The topological polar surface area (TPSA) is 58.2 Å². The van der Waals surface area contributed by atoms with E-state index in [4.69, 9.17) is 11.6 Å². The number of hydrogen-bond donors (Lipinski definition) is 2. The molecule has 0 radical (unpaired) electrons. The van der Waals surface area contributed by atoms with Crippen LogP contribution in [0.3, 0.4) is 0 Å². The van der Waals surface area contributed by atoms with Gasteiger partial charge in [-0.25, -0.2) is 22.4 Å². The highest BCUT2D eigenvalue weighted by molar-refractivity contribution is 6.19. The van der Waals surface area contributed by atoms with Crippen LogP contribution in [0, 0.1) is 23.3 Å². The molecule has 104 valence electrons. The second-order valence-electron chi connectivity index (χ2n) is 3.28. The van der Waals surface area contributed by atoms with E-state index < -0.39 is 40.9 Å². The van der Waals surface area contributed by atoms with E-state index in [1.807, 2.05) is 0 Å². The van der Waals surface area contributed by atoms with Gasteiger partial charge in [0.1, 0.15) is 5.69 Å². The first-order valence-corrected chi connectivity index (χ1v) is 5.40. The summed E-state index contributed by atoms with van der Waals surface area (Å²) in [5, 5.41) is 3.18. The lowest BCUT2D eigenvalue weighted by Gasteiger charge is -2.09. The molecule has 1 aromatic rings. The maximum Gasteiger partial charge on any atom is 0.326 e. The van der Waals surface area contributed by atoms with Crippen LogP contribution in [0.4, 0.5) is 28.0 Å². The van der Waals surface area contributed by atoms with E-state index in [-0.39, 0.29) is 18.4 Å². The van der Waals surface area contributed by atoms with Gasteiger partial charge >= 0.3 is 6.03 Å². The molecule has 9 heteroatoms. The Hall–Kier alpha value is -1.83. The van der Waals surface area contributed by atoms with Crippen molar-refractivity contribution in [3.8, 4) is 0 Å². The number of halogens is 5. The molecule has 0 bridgehead atoms. The van der Waals surface area contributed by atoms with Crippen LogP contribution in [-0.4, -0.2) is 17.8 Å². The van der Waals surface area contributed by atoms with Crippen molar-refractivity contribution in [2.45, 2.75) is 6.42 Å².